The Morgan fingerprint density at radius 1 is 1.05 bits per heavy atom. The number of nitrogens with one attached hydrogen (secondary N) is 2. The van der Waals surface area contributed by atoms with Crippen molar-refractivity contribution in [2.75, 3.05) is 11.9 Å². The van der Waals surface area contributed by atoms with E-state index in [4.69, 9.17) is 11.2 Å². The Balaban J connectivity index is 2.60. The van der Waals surface area contributed by atoms with Gasteiger partial charge in [-0.3, -0.25) is 9.59 Å². The average molecular weight is 534 g/mol. The Morgan fingerprint density at radius 3 is 2.28 bits per heavy atom. The summed E-state index contributed by atoms with van der Waals surface area (Å²) in [7, 11) is 0. The molecule has 0 aliphatic heterocycles. The topological polar surface area (TPSA) is 87.7 Å². The van der Waals surface area contributed by atoms with Crippen molar-refractivity contribution in [3.8, 4) is 12.3 Å². The molecule has 7 nitrogen and oxygen atoms in total. The van der Waals surface area contributed by atoms with Crippen LogP contribution in [-0.2, 0) is 14.3 Å². The maximum Gasteiger partial charge on any atom is 0.408 e. The summed E-state index contributed by atoms with van der Waals surface area (Å²) in [6.45, 7) is 13.5. The zero-order chi connectivity index (χ0) is 29.2. The van der Waals surface area contributed by atoms with E-state index in [1.807, 2.05) is 52.0 Å². The molecule has 2 aromatic rings. The molecule has 0 aliphatic carbocycles. The first-order valence-corrected chi connectivity index (χ1v) is 13.6. The summed E-state index contributed by atoms with van der Waals surface area (Å²) in [5.74, 6) is 2.03. The number of unbranched alkanes of at least 4 members (excludes halogenated alkanes) is 1. The Kier molecular flexibility index (Phi) is 11.6. The lowest BCUT2D eigenvalue weighted by Crippen LogP contribution is -2.53. The molecule has 0 heterocycles. The molecule has 0 bridgehead atoms. The molecule has 2 atom stereocenters. The molecule has 7 heteroatoms. The van der Waals surface area contributed by atoms with E-state index in [1.165, 1.54) is 0 Å². The van der Waals surface area contributed by atoms with Crippen LogP contribution in [0.5, 0.6) is 0 Å². The maximum absolute atomic E-state index is 14.2. The van der Waals surface area contributed by atoms with Crippen LogP contribution in [0, 0.1) is 25.2 Å². The number of aryl methyl sites for hydroxylation is 1. The molecule has 0 fully saturated rings. The number of terminal acetylenes is 1. The van der Waals surface area contributed by atoms with Gasteiger partial charge < -0.3 is 20.3 Å². The van der Waals surface area contributed by atoms with Crippen LogP contribution in [0.15, 0.2) is 48.5 Å². The van der Waals surface area contributed by atoms with Crippen molar-refractivity contribution in [3.63, 3.8) is 0 Å². The zero-order valence-corrected chi connectivity index (χ0v) is 24.3. The van der Waals surface area contributed by atoms with Gasteiger partial charge in [0, 0.05) is 17.8 Å². The predicted molar refractivity (Wildman–Crippen MR) is 156 cm³/mol. The first-order valence-electron chi connectivity index (χ1n) is 13.6. The Bertz CT molecular complexity index is 1180. The van der Waals surface area contributed by atoms with Crippen LogP contribution in [0.4, 0.5) is 10.5 Å². The van der Waals surface area contributed by atoms with E-state index in [0.717, 1.165) is 12.0 Å². The van der Waals surface area contributed by atoms with Gasteiger partial charge in [-0.25, -0.2) is 4.79 Å². The third-order valence-electron chi connectivity index (χ3n) is 6.11. The van der Waals surface area contributed by atoms with Gasteiger partial charge in [0.1, 0.15) is 17.7 Å². The van der Waals surface area contributed by atoms with E-state index in [-0.39, 0.29) is 17.7 Å². The second kappa shape index (κ2) is 14.4. The van der Waals surface area contributed by atoms with Crippen LogP contribution < -0.4 is 10.6 Å². The van der Waals surface area contributed by atoms with E-state index in [0.29, 0.717) is 36.2 Å². The van der Waals surface area contributed by atoms with Crippen molar-refractivity contribution in [3.05, 3.63) is 65.2 Å². The number of rotatable bonds is 11. The molecule has 39 heavy (non-hydrogen) atoms. The number of carbonyl (C=O) groups is 3. The van der Waals surface area contributed by atoms with Crippen molar-refractivity contribution < 1.29 is 19.1 Å². The molecule has 2 unspecified atom stereocenters. The minimum Gasteiger partial charge on any atom is -0.444 e. The standard InChI is InChI=1S/C32H43N3O4/c1-9-11-20-35(30(37)27(21-22(3)4)34-31(38)39-32(6,7)8)28(25-18-14-13-17-24(25)10-2)29(36)33-26-19-15-12-16-23(26)5/h2,12-19,22,27-28H,9,11,20-21H2,1,3-8H3,(H,33,36)(H,34,38). The number of carbonyl (C=O) groups excluding carboxylic acids is 3. The highest BCUT2D eigenvalue weighted by molar-refractivity contribution is 5.99. The fraction of sp³-hybridized carbons (Fsp3) is 0.469. The van der Waals surface area contributed by atoms with Crippen LogP contribution in [0.3, 0.4) is 0 Å². The minimum atomic E-state index is -1.01. The van der Waals surface area contributed by atoms with Crippen molar-refractivity contribution in [1.29, 1.82) is 0 Å². The van der Waals surface area contributed by atoms with Gasteiger partial charge in [0.2, 0.25) is 5.91 Å². The number of hydrogen-bond acceptors (Lipinski definition) is 4. The number of ether oxygens (including phenoxy) is 1. The molecule has 0 spiro atoms. The maximum atomic E-state index is 14.2. The molecule has 0 aliphatic rings. The molecule has 2 aromatic carbocycles. The van der Waals surface area contributed by atoms with E-state index in [9.17, 15) is 14.4 Å². The van der Waals surface area contributed by atoms with Gasteiger partial charge in [-0.1, -0.05) is 69.5 Å². The van der Waals surface area contributed by atoms with Gasteiger partial charge in [0.05, 0.1) is 0 Å². The molecular weight excluding hydrogens is 490 g/mol. The molecule has 0 saturated carbocycles. The predicted octanol–water partition coefficient (Wildman–Crippen LogP) is 6.22. The van der Waals surface area contributed by atoms with Crippen LogP contribution in [-0.4, -0.2) is 41.0 Å². The monoisotopic (exact) mass is 533 g/mol. The summed E-state index contributed by atoms with van der Waals surface area (Å²) >= 11 is 0. The molecule has 2 rings (SSSR count). The number of anilines is 1. The first kappa shape index (κ1) is 31.4. The summed E-state index contributed by atoms with van der Waals surface area (Å²) in [6.07, 6.45) is 7.01. The van der Waals surface area contributed by atoms with Gasteiger partial charge in [-0.2, -0.15) is 0 Å². The molecular formula is C32H43N3O4. The highest BCUT2D eigenvalue weighted by Gasteiger charge is 2.37. The SMILES string of the molecule is C#Cc1ccccc1C(C(=O)Nc1ccccc1C)N(CCCC)C(=O)C(CC(C)C)NC(=O)OC(C)(C)C. The molecule has 2 N–H and O–H groups in total. The van der Waals surface area contributed by atoms with Crippen molar-refractivity contribution in [1.82, 2.24) is 10.2 Å². The Hall–Kier alpha value is -3.79. The fourth-order valence-electron chi connectivity index (χ4n) is 4.27. The summed E-state index contributed by atoms with van der Waals surface area (Å²) in [4.78, 5) is 42.5. The van der Waals surface area contributed by atoms with E-state index >= 15 is 0 Å². The van der Waals surface area contributed by atoms with Crippen LogP contribution in [0.1, 0.15) is 83.5 Å². The van der Waals surface area contributed by atoms with Crippen molar-refractivity contribution >= 4 is 23.6 Å². The van der Waals surface area contributed by atoms with Crippen molar-refractivity contribution in [2.45, 2.75) is 85.4 Å². The number of nitrogens with zero attached hydrogens (tertiary/aromatic N) is 1. The normalized spacial score (nSPS) is 12.7. The van der Waals surface area contributed by atoms with Gasteiger partial charge in [0.15, 0.2) is 0 Å². The lowest BCUT2D eigenvalue weighted by atomic mass is 9.95. The quantitative estimate of drug-likeness (QED) is 0.336. The van der Waals surface area contributed by atoms with E-state index in [1.54, 1.807) is 49.9 Å². The third-order valence-corrected chi connectivity index (χ3v) is 6.11. The number of amides is 3. The van der Waals surface area contributed by atoms with Crippen LogP contribution >= 0.6 is 0 Å². The molecule has 210 valence electrons. The average Bonchev–Trinajstić information content (AvgIpc) is 2.85. The molecule has 0 aromatic heterocycles. The molecule has 3 amide bonds. The largest absolute Gasteiger partial charge is 0.444 e. The first-order chi connectivity index (χ1) is 18.4. The van der Waals surface area contributed by atoms with E-state index < -0.39 is 23.8 Å². The number of alkyl carbamates (subject to hydrolysis) is 1. The molecule has 0 saturated heterocycles. The van der Waals surface area contributed by atoms with Gasteiger partial charge in [-0.15, -0.1) is 6.42 Å². The molecule has 0 radical (unpaired) electrons. The minimum absolute atomic E-state index is 0.0964. The summed E-state index contributed by atoms with van der Waals surface area (Å²) < 4.78 is 5.46. The van der Waals surface area contributed by atoms with Gasteiger partial charge in [-0.05, 0) is 69.7 Å². The highest BCUT2D eigenvalue weighted by atomic mass is 16.6. The fourth-order valence-corrected chi connectivity index (χ4v) is 4.27. The summed E-state index contributed by atoms with van der Waals surface area (Å²) in [5.41, 5.74) is 1.90. The number of para-hydroxylation sites is 1. The van der Waals surface area contributed by atoms with Gasteiger partial charge >= 0.3 is 6.09 Å². The zero-order valence-electron chi connectivity index (χ0n) is 24.3. The second-order valence-electron chi connectivity index (χ2n) is 11.2. The van der Waals surface area contributed by atoms with Gasteiger partial charge in [0.25, 0.3) is 5.91 Å². The summed E-state index contributed by atoms with van der Waals surface area (Å²) in [5, 5.41) is 5.78. The second-order valence-corrected chi connectivity index (χ2v) is 11.2. The van der Waals surface area contributed by atoms with Crippen LogP contribution in [0.2, 0.25) is 0 Å². The smallest absolute Gasteiger partial charge is 0.408 e. The Labute approximate surface area is 233 Å². The number of benzene rings is 2. The number of hydrogen-bond donors (Lipinski definition) is 2. The Morgan fingerprint density at radius 2 is 1.69 bits per heavy atom. The third kappa shape index (κ3) is 9.47. The summed E-state index contributed by atoms with van der Waals surface area (Å²) in [6, 6.07) is 12.7. The van der Waals surface area contributed by atoms with E-state index in [2.05, 4.69) is 16.6 Å². The van der Waals surface area contributed by atoms with Crippen molar-refractivity contribution in [2.24, 2.45) is 5.92 Å². The lowest BCUT2D eigenvalue weighted by Gasteiger charge is -2.35. The lowest BCUT2D eigenvalue weighted by molar-refractivity contribution is -0.141. The highest BCUT2D eigenvalue weighted by Crippen LogP contribution is 2.29. The van der Waals surface area contributed by atoms with Crippen LogP contribution in [0.25, 0.3) is 0 Å².